The highest BCUT2D eigenvalue weighted by Gasteiger charge is 1.99. The summed E-state index contributed by atoms with van der Waals surface area (Å²) < 4.78 is 0. The maximum Gasteiger partial charge on any atom is 0.220 e. The van der Waals surface area contributed by atoms with Crippen LogP contribution in [-0.4, -0.2) is 29.9 Å². The van der Waals surface area contributed by atoms with Crippen LogP contribution in [0.1, 0.15) is 19.8 Å². The molecule has 0 saturated carbocycles. The van der Waals surface area contributed by atoms with E-state index in [0.29, 0.717) is 25.1 Å². The Hall–Kier alpha value is -0.900. The summed E-state index contributed by atoms with van der Waals surface area (Å²) in [6.07, 6.45) is 0.840. The van der Waals surface area contributed by atoms with Gasteiger partial charge in [-0.2, -0.15) is 0 Å². The smallest absolute Gasteiger partial charge is 0.220 e. The second kappa shape index (κ2) is 5.85. The van der Waals surface area contributed by atoms with Crippen molar-refractivity contribution in [1.29, 1.82) is 5.41 Å². The van der Waals surface area contributed by atoms with Crippen LogP contribution in [-0.2, 0) is 4.79 Å². The van der Waals surface area contributed by atoms with Gasteiger partial charge in [0.05, 0.1) is 6.61 Å². The second-order valence-corrected chi connectivity index (χ2v) is 2.35. The van der Waals surface area contributed by atoms with Gasteiger partial charge in [-0.1, -0.05) is 0 Å². The average molecular weight is 158 g/mol. The Morgan fingerprint density at radius 1 is 1.55 bits per heavy atom. The van der Waals surface area contributed by atoms with Crippen molar-refractivity contribution in [3.8, 4) is 0 Å². The molecule has 0 spiro atoms. The molecule has 0 fully saturated rings. The van der Waals surface area contributed by atoms with Crippen LogP contribution in [0.15, 0.2) is 0 Å². The molecular weight excluding hydrogens is 144 g/mol. The second-order valence-electron chi connectivity index (χ2n) is 2.35. The predicted octanol–water partition coefficient (Wildman–Crippen LogP) is -0.0852. The standard InChI is InChI=1S/C7H14N2O2/c1-6(8)2-3-7(11)9-4-5-10/h8,10H,2-5H2,1H3,(H,9,11). The van der Waals surface area contributed by atoms with Crippen LogP contribution in [0, 0.1) is 5.41 Å². The van der Waals surface area contributed by atoms with Gasteiger partial charge in [-0.3, -0.25) is 4.79 Å². The van der Waals surface area contributed by atoms with E-state index in [0.717, 1.165) is 0 Å². The molecule has 0 bridgehead atoms. The molecule has 0 heterocycles. The zero-order chi connectivity index (χ0) is 8.69. The average Bonchev–Trinajstić information content (AvgIpc) is 1.97. The lowest BCUT2D eigenvalue weighted by Gasteiger charge is -2.00. The molecule has 0 radical (unpaired) electrons. The Labute approximate surface area is 66.1 Å². The highest BCUT2D eigenvalue weighted by molar-refractivity contribution is 5.84. The fourth-order valence-corrected chi connectivity index (χ4v) is 0.585. The van der Waals surface area contributed by atoms with Crippen molar-refractivity contribution in [2.45, 2.75) is 19.8 Å². The SMILES string of the molecule is CC(=N)CCC(=O)NCCO. The number of rotatable bonds is 5. The van der Waals surface area contributed by atoms with E-state index in [1.165, 1.54) is 0 Å². The van der Waals surface area contributed by atoms with E-state index in [2.05, 4.69) is 5.32 Å². The Bertz CT molecular complexity index is 145. The lowest BCUT2D eigenvalue weighted by molar-refractivity contribution is -0.121. The van der Waals surface area contributed by atoms with E-state index in [4.69, 9.17) is 10.5 Å². The minimum Gasteiger partial charge on any atom is -0.395 e. The van der Waals surface area contributed by atoms with Gasteiger partial charge in [0.15, 0.2) is 0 Å². The van der Waals surface area contributed by atoms with Crippen molar-refractivity contribution in [1.82, 2.24) is 5.32 Å². The number of carbonyl (C=O) groups is 1. The molecule has 0 aromatic rings. The van der Waals surface area contributed by atoms with Crippen LogP contribution in [0.25, 0.3) is 0 Å². The van der Waals surface area contributed by atoms with Gasteiger partial charge in [0.25, 0.3) is 0 Å². The van der Waals surface area contributed by atoms with E-state index in [-0.39, 0.29) is 12.5 Å². The summed E-state index contributed by atoms with van der Waals surface area (Å²) in [4.78, 5) is 10.8. The van der Waals surface area contributed by atoms with E-state index >= 15 is 0 Å². The van der Waals surface area contributed by atoms with Crippen molar-refractivity contribution in [2.75, 3.05) is 13.2 Å². The molecule has 0 aliphatic rings. The van der Waals surface area contributed by atoms with Gasteiger partial charge in [0.2, 0.25) is 5.91 Å². The summed E-state index contributed by atoms with van der Waals surface area (Å²) in [5.41, 5.74) is 0.504. The first-order valence-corrected chi connectivity index (χ1v) is 3.58. The monoisotopic (exact) mass is 158 g/mol. The maximum atomic E-state index is 10.8. The van der Waals surface area contributed by atoms with Crippen LogP contribution in [0.5, 0.6) is 0 Å². The van der Waals surface area contributed by atoms with Gasteiger partial charge in [-0.25, -0.2) is 0 Å². The van der Waals surface area contributed by atoms with Crippen LogP contribution in [0.3, 0.4) is 0 Å². The van der Waals surface area contributed by atoms with Gasteiger partial charge >= 0.3 is 0 Å². The third-order valence-corrected chi connectivity index (χ3v) is 1.16. The Balaban J connectivity index is 3.30. The van der Waals surface area contributed by atoms with Crippen molar-refractivity contribution < 1.29 is 9.90 Å². The summed E-state index contributed by atoms with van der Waals surface area (Å²) in [6, 6.07) is 0. The van der Waals surface area contributed by atoms with Crippen molar-refractivity contribution in [3.63, 3.8) is 0 Å². The predicted molar refractivity (Wildman–Crippen MR) is 42.7 cm³/mol. The minimum absolute atomic E-state index is 0.0324. The Kier molecular flexibility index (Phi) is 5.37. The van der Waals surface area contributed by atoms with Gasteiger partial charge in [-0.15, -0.1) is 0 Å². The lowest BCUT2D eigenvalue weighted by atomic mass is 10.2. The van der Waals surface area contributed by atoms with Crippen molar-refractivity contribution in [3.05, 3.63) is 0 Å². The van der Waals surface area contributed by atoms with Gasteiger partial charge in [-0.05, 0) is 13.3 Å². The summed E-state index contributed by atoms with van der Waals surface area (Å²) in [5.74, 6) is -0.106. The van der Waals surface area contributed by atoms with Gasteiger partial charge < -0.3 is 15.8 Å². The minimum atomic E-state index is -0.106. The van der Waals surface area contributed by atoms with Crippen LogP contribution in [0.2, 0.25) is 0 Å². The fourth-order valence-electron chi connectivity index (χ4n) is 0.585. The number of hydrogen-bond donors (Lipinski definition) is 3. The van der Waals surface area contributed by atoms with E-state index in [1.807, 2.05) is 0 Å². The highest BCUT2D eigenvalue weighted by atomic mass is 16.3. The number of aliphatic hydroxyl groups is 1. The number of aliphatic hydroxyl groups excluding tert-OH is 1. The van der Waals surface area contributed by atoms with Crippen molar-refractivity contribution >= 4 is 11.6 Å². The summed E-state index contributed by atoms with van der Waals surface area (Å²) in [6.45, 7) is 1.94. The van der Waals surface area contributed by atoms with Crippen LogP contribution < -0.4 is 5.32 Å². The number of hydrogen-bond acceptors (Lipinski definition) is 3. The van der Waals surface area contributed by atoms with Crippen molar-refractivity contribution in [2.24, 2.45) is 0 Å². The quantitative estimate of drug-likeness (QED) is 0.489. The van der Waals surface area contributed by atoms with E-state index < -0.39 is 0 Å². The Morgan fingerprint density at radius 3 is 2.64 bits per heavy atom. The molecular formula is C7H14N2O2. The molecule has 0 aliphatic heterocycles. The van der Waals surface area contributed by atoms with Crippen LogP contribution >= 0.6 is 0 Å². The lowest BCUT2D eigenvalue weighted by Crippen LogP contribution is -2.26. The number of nitrogens with one attached hydrogen (secondary N) is 2. The highest BCUT2D eigenvalue weighted by Crippen LogP contribution is 1.89. The van der Waals surface area contributed by atoms with E-state index in [9.17, 15) is 4.79 Å². The first kappa shape index (κ1) is 10.1. The number of amides is 1. The molecule has 0 aliphatic carbocycles. The summed E-state index contributed by atoms with van der Waals surface area (Å²) >= 11 is 0. The molecule has 0 aromatic heterocycles. The molecule has 0 unspecified atom stereocenters. The summed E-state index contributed by atoms with van der Waals surface area (Å²) in [7, 11) is 0. The first-order valence-electron chi connectivity index (χ1n) is 3.58. The molecule has 0 atom stereocenters. The first-order chi connectivity index (χ1) is 5.16. The molecule has 11 heavy (non-hydrogen) atoms. The Morgan fingerprint density at radius 2 is 2.18 bits per heavy atom. The molecule has 1 amide bonds. The molecule has 4 nitrogen and oxygen atoms in total. The summed E-state index contributed by atoms with van der Waals surface area (Å²) in [5, 5.41) is 17.9. The maximum absolute atomic E-state index is 10.8. The normalized spacial score (nSPS) is 9.27. The van der Waals surface area contributed by atoms with Crippen LogP contribution in [0.4, 0.5) is 0 Å². The third kappa shape index (κ3) is 6.99. The molecule has 4 heteroatoms. The number of carbonyl (C=O) groups excluding carboxylic acids is 1. The topological polar surface area (TPSA) is 73.2 Å². The van der Waals surface area contributed by atoms with E-state index in [1.54, 1.807) is 6.92 Å². The van der Waals surface area contributed by atoms with Gasteiger partial charge in [0, 0.05) is 18.7 Å². The zero-order valence-electron chi connectivity index (χ0n) is 6.68. The third-order valence-electron chi connectivity index (χ3n) is 1.16. The van der Waals surface area contributed by atoms with Gasteiger partial charge in [0.1, 0.15) is 0 Å². The fraction of sp³-hybridized carbons (Fsp3) is 0.714. The molecule has 64 valence electrons. The zero-order valence-corrected chi connectivity index (χ0v) is 6.68. The molecule has 3 N–H and O–H groups in total. The molecule has 0 saturated heterocycles. The molecule has 0 aromatic carbocycles. The molecule has 0 rings (SSSR count). The largest absolute Gasteiger partial charge is 0.395 e.